The molecule has 1 aromatic rings. The number of aryl methyl sites for hydroxylation is 2. The van der Waals surface area contributed by atoms with Gasteiger partial charge in [0.05, 0.1) is 11.5 Å². The van der Waals surface area contributed by atoms with Crippen LogP contribution < -0.4 is 5.32 Å². The lowest BCUT2D eigenvalue weighted by molar-refractivity contribution is 0.0854. The first-order valence-corrected chi connectivity index (χ1v) is 8.88. The molecule has 0 aliphatic rings. The molecule has 0 atom stereocenters. The molecule has 0 spiro atoms. The van der Waals surface area contributed by atoms with Gasteiger partial charge in [0.1, 0.15) is 0 Å². The molecular formula is C17H29NO2S. The minimum Gasteiger partial charge on any atom is -0.396 e. The third-order valence-electron chi connectivity index (χ3n) is 4.44. The Hall–Kier alpha value is -0.870. The molecule has 3 nitrogen and oxygen atoms in total. The molecule has 0 aliphatic carbocycles. The third-order valence-corrected chi connectivity index (χ3v) is 5.67. The van der Waals surface area contributed by atoms with Crippen LogP contribution in [0.3, 0.4) is 0 Å². The average molecular weight is 311 g/mol. The number of carbonyl (C=O) groups is 1. The Labute approximate surface area is 132 Å². The molecule has 1 heterocycles. The largest absolute Gasteiger partial charge is 0.396 e. The van der Waals surface area contributed by atoms with E-state index in [1.54, 1.807) is 11.3 Å². The van der Waals surface area contributed by atoms with Gasteiger partial charge in [-0.05, 0) is 37.3 Å². The van der Waals surface area contributed by atoms with Crippen LogP contribution in [-0.2, 0) is 12.8 Å². The highest BCUT2D eigenvalue weighted by Gasteiger charge is 2.26. The van der Waals surface area contributed by atoms with Gasteiger partial charge in [-0.2, -0.15) is 0 Å². The number of carbonyl (C=O) groups excluding carboxylic acids is 1. The van der Waals surface area contributed by atoms with Crippen molar-refractivity contribution < 1.29 is 9.90 Å². The molecule has 0 aliphatic heterocycles. The van der Waals surface area contributed by atoms with Crippen LogP contribution in [0.5, 0.6) is 0 Å². The zero-order valence-corrected chi connectivity index (χ0v) is 14.6. The molecule has 0 saturated carbocycles. The second-order valence-electron chi connectivity index (χ2n) is 5.71. The van der Waals surface area contributed by atoms with Gasteiger partial charge in [-0.1, -0.05) is 34.1 Å². The van der Waals surface area contributed by atoms with Crippen molar-refractivity contribution in [2.24, 2.45) is 5.41 Å². The zero-order valence-electron chi connectivity index (χ0n) is 13.8. The van der Waals surface area contributed by atoms with Crippen molar-refractivity contribution >= 4 is 17.2 Å². The standard InChI is InChI=1S/C17H29NO2S/c1-5-9-14-13(6-2)10-15(21-14)16(20)18-11-17(7-3,8-4)12-19/h10,19H,5-9,11-12H2,1-4H3,(H,18,20). The molecule has 0 aromatic carbocycles. The summed E-state index contributed by atoms with van der Waals surface area (Å²) in [5.41, 5.74) is 1.11. The van der Waals surface area contributed by atoms with Gasteiger partial charge in [0.25, 0.3) is 5.91 Å². The molecule has 0 fully saturated rings. The first-order chi connectivity index (χ1) is 10.1. The maximum Gasteiger partial charge on any atom is 0.261 e. The van der Waals surface area contributed by atoms with E-state index in [1.807, 2.05) is 6.07 Å². The second-order valence-corrected chi connectivity index (χ2v) is 6.85. The summed E-state index contributed by atoms with van der Waals surface area (Å²) in [6, 6.07) is 2.03. The predicted molar refractivity (Wildman–Crippen MR) is 90.1 cm³/mol. The zero-order chi connectivity index (χ0) is 15.9. The van der Waals surface area contributed by atoms with Crippen molar-refractivity contribution in [1.82, 2.24) is 5.32 Å². The molecule has 0 unspecified atom stereocenters. The van der Waals surface area contributed by atoms with Gasteiger partial charge in [-0.25, -0.2) is 0 Å². The molecule has 0 bridgehead atoms. The van der Waals surface area contributed by atoms with E-state index >= 15 is 0 Å². The van der Waals surface area contributed by atoms with Crippen LogP contribution in [0.15, 0.2) is 6.07 Å². The van der Waals surface area contributed by atoms with E-state index in [-0.39, 0.29) is 17.9 Å². The Morgan fingerprint density at radius 3 is 2.43 bits per heavy atom. The normalized spacial score (nSPS) is 11.7. The average Bonchev–Trinajstić information content (AvgIpc) is 2.92. The minimum atomic E-state index is -0.188. The van der Waals surface area contributed by atoms with E-state index in [2.05, 4.69) is 33.0 Å². The number of rotatable bonds is 9. The van der Waals surface area contributed by atoms with Crippen LogP contribution >= 0.6 is 11.3 Å². The van der Waals surface area contributed by atoms with Gasteiger partial charge < -0.3 is 10.4 Å². The van der Waals surface area contributed by atoms with Gasteiger partial charge in [0.2, 0.25) is 0 Å². The lowest BCUT2D eigenvalue weighted by Gasteiger charge is -2.29. The first kappa shape index (κ1) is 18.2. The highest BCUT2D eigenvalue weighted by Crippen LogP contribution is 2.27. The van der Waals surface area contributed by atoms with Gasteiger partial charge in [0.15, 0.2) is 0 Å². The van der Waals surface area contributed by atoms with Crippen LogP contribution in [0.1, 0.15) is 67.1 Å². The van der Waals surface area contributed by atoms with Crippen molar-refractivity contribution in [3.63, 3.8) is 0 Å². The molecule has 120 valence electrons. The summed E-state index contributed by atoms with van der Waals surface area (Å²) in [7, 11) is 0. The van der Waals surface area contributed by atoms with Crippen LogP contribution in [0, 0.1) is 5.41 Å². The Balaban J connectivity index is 2.75. The number of aliphatic hydroxyl groups excluding tert-OH is 1. The Bertz CT molecular complexity index is 441. The minimum absolute atomic E-state index is 0.00298. The monoisotopic (exact) mass is 311 g/mol. The fraction of sp³-hybridized carbons (Fsp3) is 0.706. The molecule has 1 aromatic heterocycles. The number of hydrogen-bond acceptors (Lipinski definition) is 3. The van der Waals surface area contributed by atoms with Crippen molar-refractivity contribution in [3.8, 4) is 0 Å². The van der Waals surface area contributed by atoms with Gasteiger partial charge >= 0.3 is 0 Å². The number of aliphatic hydroxyl groups is 1. The van der Waals surface area contributed by atoms with Crippen LogP contribution in [0.25, 0.3) is 0 Å². The van der Waals surface area contributed by atoms with Crippen LogP contribution in [0.2, 0.25) is 0 Å². The summed E-state index contributed by atoms with van der Waals surface area (Å²) in [4.78, 5) is 14.5. The molecule has 0 radical (unpaired) electrons. The lowest BCUT2D eigenvalue weighted by atomic mass is 9.83. The van der Waals surface area contributed by atoms with Gasteiger partial charge in [0, 0.05) is 16.8 Å². The van der Waals surface area contributed by atoms with Crippen LogP contribution in [-0.4, -0.2) is 24.2 Å². The second kappa shape index (κ2) is 8.54. The summed E-state index contributed by atoms with van der Waals surface area (Å²) in [5, 5.41) is 12.6. The SMILES string of the molecule is CCCc1sc(C(=O)NCC(CC)(CC)CO)cc1CC. The Morgan fingerprint density at radius 2 is 1.95 bits per heavy atom. The summed E-state index contributed by atoms with van der Waals surface area (Å²) in [6.07, 6.45) is 4.86. The van der Waals surface area contributed by atoms with Crippen LogP contribution in [0.4, 0.5) is 0 Å². The van der Waals surface area contributed by atoms with Gasteiger partial charge in [-0.15, -0.1) is 11.3 Å². The first-order valence-electron chi connectivity index (χ1n) is 8.06. The van der Waals surface area contributed by atoms with E-state index in [4.69, 9.17) is 0 Å². The number of thiophene rings is 1. The summed E-state index contributed by atoms with van der Waals surface area (Å²) >= 11 is 1.62. The van der Waals surface area contributed by atoms with E-state index in [0.717, 1.165) is 37.0 Å². The predicted octanol–water partition coefficient (Wildman–Crippen LogP) is 3.79. The third kappa shape index (κ3) is 4.55. The number of hydrogen-bond donors (Lipinski definition) is 2. The molecule has 21 heavy (non-hydrogen) atoms. The summed E-state index contributed by atoms with van der Waals surface area (Å²) < 4.78 is 0. The van der Waals surface area contributed by atoms with Crippen molar-refractivity contribution in [2.45, 2.75) is 59.8 Å². The summed E-state index contributed by atoms with van der Waals surface area (Å²) in [5.74, 6) is -0.00298. The molecule has 2 N–H and O–H groups in total. The smallest absolute Gasteiger partial charge is 0.261 e. The fourth-order valence-corrected chi connectivity index (χ4v) is 3.72. The van der Waals surface area contributed by atoms with Gasteiger partial charge in [-0.3, -0.25) is 4.79 Å². The quantitative estimate of drug-likeness (QED) is 0.729. The lowest BCUT2D eigenvalue weighted by Crippen LogP contribution is -2.39. The van der Waals surface area contributed by atoms with Crippen molar-refractivity contribution in [1.29, 1.82) is 0 Å². The Morgan fingerprint density at radius 1 is 1.29 bits per heavy atom. The molecule has 1 amide bonds. The molecular weight excluding hydrogens is 282 g/mol. The van der Waals surface area contributed by atoms with Crippen molar-refractivity contribution in [2.75, 3.05) is 13.2 Å². The molecule has 1 rings (SSSR count). The fourth-order valence-electron chi connectivity index (χ4n) is 2.45. The maximum absolute atomic E-state index is 12.3. The topological polar surface area (TPSA) is 49.3 Å². The number of amides is 1. The van der Waals surface area contributed by atoms with E-state index in [9.17, 15) is 9.90 Å². The molecule has 0 saturated heterocycles. The summed E-state index contributed by atoms with van der Waals surface area (Å²) in [6.45, 7) is 9.08. The van der Waals surface area contributed by atoms with Crippen molar-refractivity contribution in [3.05, 3.63) is 21.4 Å². The maximum atomic E-state index is 12.3. The Kier molecular flexibility index (Phi) is 7.40. The number of nitrogens with one attached hydrogen (secondary N) is 1. The molecule has 4 heteroatoms. The highest BCUT2D eigenvalue weighted by atomic mass is 32.1. The highest BCUT2D eigenvalue weighted by molar-refractivity contribution is 7.14. The van der Waals surface area contributed by atoms with E-state index in [0.29, 0.717) is 6.54 Å². The van der Waals surface area contributed by atoms with E-state index < -0.39 is 0 Å². The van der Waals surface area contributed by atoms with E-state index in [1.165, 1.54) is 10.4 Å².